The van der Waals surface area contributed by atoms with Crippen molar-refractivity contribution in [3.05, 3.63) is 200 Å². The normalized spacial score (nSPS) is 11.9. The number of rotatable bonds is 3. The van der Waals surface area contributed by atoms with E-state index >= 15 is 0 Å². The third-order valence-corrected chi connectivity index (χ3v) is 12.9. The van der Waals surface area contributed by atoms with Gasteiger partial charge in [0.05, 0.1) is 11.0 Å². The summed E-state index contributed by atoms with van der Waals surface area (Å²) in [4.78, 5) is 0. The van der Waals surface area contributed by atoms with Crippen LogP contribution in [0.2, 0.25) is 0 Å². The number of fused-ring (bicyclic) bond motifs is 14. The molecule has 56 heavy (non-hydrogen) atoms. The van der Waals surface area contributed by atoms with Crippen LogP contribution in [-0.4, -0.2) is 4.57 Å². The molecule has 0 radical (unpaired) electrons. The van der Waals surface area contributed by atoms with Crippen LogP contribution in [-0.2, 0) is 0 Å². The van der Waals surface area contributed by atoms with Gasteiger partial charge in [-0.25, -0.2) is 0 Å². The van der Waals surface area contributed by atoms with E-state index in [1.807, 2.05) is 11.3 Å². The molecule has 11 aromatic rings. The van der Waals surface area contributed by atoms with Gasteiger partial charge in [-0.15, -0.1) is 11.3 Å². The molecule has 260 valence electrons. The Morgan fingerprint density at radius 1 is 0.268 bits per heavy atom. The van der Waals surface area contributed by atoms with Crippen molar-refractivity contribution in [3.63, 3.8) is 0 Å². The molecule has 0 aliphatic heterocycles. The molecule has 1 nitrogen and oxygen atoms in total. The van der Waals surface area contributed by atoms with E-state index < -0.39 is 0 Å². The fourth-order valence-electron chi connectivity index (χ4n) is 9.18. The summed E-state index contributed by atoms with van der Waals surface area (Å²) in [5.74, 6) is 0. The number of hydrogen-bond donors (Lipinski definition) is 0. The maximum atomic E-state index is 2.43. The van der Waals surface area contributed by atoms with Gasteiger partial charge in [0.15, 0.2) is 0 Å². The molecular formula is C54H33NS. The van der Waals surface area contributed by atoms with Crippen LogP contribution in [0.3, 0.4) is 0 Å². The van der Waals surface area contributed by atoms with Gasteiger partial charge in [0.2, 0.25) is 0 Å². The summed E-state index contributed by atoms with van der Waals surface area (Å²) in [6.07, 6.45) is 0. The van der Waals surface area contributed by atoms with Gasteiger partial charge in [0, 0.05) is 36.6 Å². The van der Waals surface area contributed by atoms with Crippen LogP contribution in [0.15, 0.2) is 200 Å². The van der Waals surface area contributed by atoms with Crippen LogP contribution in [0.5, 0.6) is 0 Å². The van der Waals surface area contributed by atoms with Crippen molar-refractivity contribution >= 4 is 53.3 Å². The Labute approximate surface area is 329 Å². The molecule has 0 spiro atoms. The lowest BCUT2D eigenvalue weighted by Gasteiger charge is -2.24. The molecule has 0 atom stereocenters. The zero-order valence-electron chi connectivity index (χ0n) is 30.4. The summed E-state index contributed by atoms with van der Waals surface area (Å²) in [5.41, 5.74) is 18.5. The third-order valence-electron chi connectivity index (χ3n) is 11.8. The summed E-state index contributed by atoms with van der Waals surface area (Å²) in [7, 11) is 0. The molecule has 12 rings (SSSR count). The van der Waals surface area contributed by atoms with Crippen LogP contribution in [0, 0.1) is 0 Å². The highest BCUT2D eigenvalue weighted by Crippen LogP contribution is 2.50. The Balaban J connectivity index is 1.08. The number of aromatic nitrogens is 1. The van der Waals surface area contributed by atoms with Gasteiger partial charge in [0.1, 0.15) is 0 Å². The molecule has 0 saturated carbocycles. The predicted molar refractivity (Wildman–Crippen MR) is 240 cm³/mol. The third kappa shape index (κ3) is 4.73. The number of para-hydroxylation sites is 2. The monoisotopic (exact) mass is 727 g/mol. The van der Waals surface area contributed by atoms with E-state index in [1.165, 1.54) is 114 Å². The standard InChI is InChI=1S/C54H33NS/c1-2-12-38(13-3-1)55-51-20-10-8-18-45(51)49-32-36(24-28-52(49)55)34-23-27-44-47(30-34)42-17-7-6-15-40(42)39-14-4-5-16-41(39)43-26-22-35(31-48(43)44)37-25-29-54-50(33-37)46-19-9-11-21-53(46)56-54/h1-33H. The second-order valence-electron chi connectivity index (χ2n) is 14.8. The second-order valence-corrected chi connectivity index (χ2v) is 15.9. The first-order chi connectivity index (χ1) is 27.8. The van der Waals surface area contributed by atoms with E-state index in [1.54, 1.807) is 0 Å². The number of nitrogens with zero attached hydrogens (tertiary/aromatic N) is 1. The average molecular weight is 728 g/mol. The van der Waals surface area contributed by atoms with Crippen LogP contribution in [0.4, 0.5) is 0 Å². The fraction of sp³-hybridized carbons (Fsp3) is 0. The summed E-state index contributed by atoms with van der Waals surface area (Å²) in [6.45, 7) is 0. The Hall–Kier alpha value is -7.00. The van der Waals surface area contributed by atoms with Crippen molar-refractivity contribution in [2.75, 3.05) is 0 Å². The molecule has 1 aliphatic rings. The highest BCUT2D eigenvalue weighted by Gasteiger charge is 2.23. The largest absolute Gasteiger partial charge is 0.309 e. The van der Waals surface area contributed by atoms with Crippen LogP contribution in [0.25, 0.3) is 114 Å². The molecule has 0 saturated heterocycles. The van der Waals surface area contributed by atoms with Crippen molar-refractivity contribution in [1.29, 1.82) is 0 Å². The lowest BCUT2D eigenvalue weighted by molar-refractivity contribution is 1.18. The van der Waals surface area contributed by atoms with Crippen molar-refractivity contribution < 1.29 is 0 Å². The molecule has 0 amide bonds. The quantitative estimate of drug-likeness (QED) is 0.171. The minimum Gasteiger partial charge on any atom is -0.309 e. The van der Waals surface area contributed by atoms with Gasteiger partial charge in [0.25, 0.3) is 0 Å². The van der Waals surface area contributed by atoms with Crippen LogP contribution >= 0.6 is 11.3 Å². The first-order valence-electron chi connectivity index (χ1n) is 19.3. The molecule has 2 heterocycles. The summed E-state index contributed by atoms with van der Waals surface area (Å²) < 4.78 is 5.04. The van der Waals surface area contributed by atoms with Crippen LogP contribution < -0.4 is 0 Å². The van der Waals surface area contributed by atoms with E-state index in [0.717, 1.165) is 0 Å². The molecule has 0 N–H and O–H groups in total. The molecule has 9 aromatic carbocycles. The molecule has 1 aliphatic carbocycles. The molecular weight excluding hydrogens is 695 g/mol. The zero-order valence-corrected chi connectivity index (χ0v) is 31.2. The zero-order chi connectivity index (χ0) is 36.7. The van der Waals surface area contributed by atoms with Crippen molar-refractivity contribution in [2.24, 2.45) is 0 Å². The van der Waals surface area contributed by atoms with Crippen molar-refractivity contribution in [3.8, 4) is 72.4 Å². The maximum absolute atomic E-state index is 2.43. The lowest BCUT2D eigenvalue weighted by atomic mass is 9.79. The molecule has 0 unspecified atom stereocenters. The molecule has 2 heteroatoms. The van der Waals surface area contributed by atoms with Gasteiger partial charge in [-0.2, -0.15) is 0 Å². The van der Waals surface area contributed by atoms with Crippen molar-refractivity contribution in [2.45, 2.75) is 0 Å². The Bertz CT molecular complexity index is 3360. The number of thiophene rings is 1. The predicted octanol–water partition coefficient (Wildman–Crippen LogP) is 15.5. The Morgan fingerprint density at radius 2 is 0.714 bits per heavy atom. The number of hydrogen-bond acceptors (Lipinski definition) is 1. The molecule has 2 aromatic heterocycles. The topological polar surface area (TPSA) is 4.93 Å². The van der Waals surface area contributed by atoms with E-state index in [4.69, 9.17) is 0 Å². The molecule has 0 bridgehead atoms. The second kappa shape index (κ2) is 12.3. The first-order valence-corrected chi connectivity index (χ1v) is 20.1. The van der Waals surface area contributed by atoms with E-state index in [9.17, 15) is 0 Å². The van der Waals surface area contributed by atoms with E-state index in [0.29, 0.717) is 0 Å². The lowest BCUT2D eigenvalue weighted by Crippen LogP contribution is -1.98. The van der Waals surface area contributed by atoms with E-state index in [-0.39, 0.29) is 0 Å². The summed E-state index contributed by atoms with van der Waals surface area (Å²) in [6, 6.07) is 74.2. The maximum Gasteiger partial charge on any atom is 0.0541 e. The van der Waals surface area contributed by atoms with Gasteiger partial charge in [-0.1, -0.05) is 140 Å². The van der Waals surface area contributed by atoms with Gasteiger partial charge < -0.3 is 4.57 Å². The van der Waals surface area contributed by atoms with Crippen LogP contribution in [0.1, 0.15) is 0 Å². The average Bonchev–Trinajstić information content (AvgIpc) is 3.81. The highest BCUT2D eigenvalue weighted by atomic mass is 32.1. The van der Waals surface area contributed by atoms with Gasteiger partial charge in [-0.3, -0.25) is 0 Å². The van der Waals surface area contributed by atoms with E-state index in [2.05, 4.69) is 205 Å². The smallest absolute Gasteiger partial charge is 0.0541 e. The van der Waals surface area contributed by atoms with Crippen molar-refractivity contribution in [1.82, 2.24) is 4.57 Å². The highest BCUT2D eigenvalue weighted by molar-refractivity contribution is 7.25. The Kier molecular flexibility index (Phi) is 6.87. The summed E-state index contributed by atoms with van der Waals surface area (Å²) in [5, 5.41) is 5.17. The Morgan fingerprint density at radius 3 is 1.41 bits per heavy atom. The fourth-order valence-corrected chi connectivity index (χ4v) is 10.3. The first kappa shape index (κ1) is 31.4. The minimum atomic E-state index is 1.17. The summed E-state index contributed by atoms with van der Waals surface area (Å²) >= 11 is 1.87. The number of benzene rings is 9. The SMILES string of the molecule is c1ccc(-n2c3ccccc3c3cc(-c4ccc5c(c4)-c4ccccc4-c4ccccc4-c4ccc(-c6ccc7sc8ccccc8c7c6)cc4-5)ccc32)cc1. The van der Waals surface area contributed by atoms with Gasteiger partial charge >= 0.3 is 0 Å². The van der Waals surface area contributed by atoms with Gasteiger partial charge in [-0.05, 0) is 127 Å². The minimum absolute atomic E-state index is 1.17. The molecule has 0 fully saturated rings.